The summed E-state index contributed by atoms with van der Waals surface area (Å²) in [7, 11) is 1.63. The van der Waals surface area contributed by atoms with Crippen LogP contribution in [0.15, 0.2) is 0 Å². The van der Waals surface area contributed by atoms with E-state index in [1.165, 1.54) is 38.5 Å². The van der Waals surface area contributed by atoms with Gasteiger partial charge in [-0.15, -0.1) is 0 Å². The average molecular weight is 242 g/mol. The molecule has 1 saturated carbocycles. The molecule has 0 bridgehead atoms. The van der Waals surface area contributed by atoms with Crippen molar-refractivity contribution >= 4 is 5.91 Å². The Balaban J connectivity index is 2.26. The van der Waals surface area contributed by atoms with Gasteiger partial charge < -0.3 is 15.8 Å². The van der Waals surface area contributed by atoms with E-state index in [0.717, 1.165) is 0 Å². The summed E-state index contributed by atoms with van der Waals surface area (Å²) in [4.78, 5) is 11.8. The second-order valence-electron chi connectivity index (χ2n) is 5.02. The van der Waals surface area contributed by atoms with Gasteiger partial charge in [-0.25, -0.2) is 0 Å². The molecule has 0 aromatic heterocycles. The summed E-state index contributed by atoms with van der Waals surface area (Å²) >= 11 is 0. The molecular weight excluding hydrogens is 216 g/mol. The van der Waals surface area contributed by atoms with Crippen LogP contribution in [0.5, 0.6) is 0 Å². The third-order valence-electron chi connectivity index (χ3n) is 3.47. The lowest BCUT2D eigenvalue weighted by Crippen LogP contribution is -2.43. The smallest absolute Gasteiger partial charge is 0.220 e. The Kier molecular flexibility index (Phi) is 7.21. The molecule has 100 valence electrons. The molecule has 1 aliphatic carbocycles. The maximum absolute atomic E-state index is 11.8. The first-order chi connectivity index (χ1) is 8.26. The van der Waals surface area contributed by atoms with E-state index in [-0.39, 0.29) is 11.9 Å². The van der Waals surface area contributed by atoms with Crippen LogP contribution in [0.1, 0.15) is 44.9 Å². The summed E-state index contributed by atoms with van der Waals surface area (Å²) < 4.78 is 5.01. The number of carbonyl (C=O) groups is 1. The lowest BCUT2D eigenvalue weighted by Gasteiger charge is -2.18. The van der Waals surface area contributed by atoms with Crippen molar-refractivity contribution in [2.24, 2.45) is 11.7 Å². The Bertz CT molecular complexity index is 213. The Labute approximate surface area is 104 Å². The van der Waals surface area contributed by atoms with Crippen LogP contribution in [-0.2, 0) is 9.53 Å². The van der Waals surface area contributed by atoms with Crippen LogP contribution in [0.25, 0.3) is 0 Å². The van der Waals surface area contributed by atoms with Crippen LogP contribution in [0.4, 0.5) is 0 Å². The van der Waals surface area contributed by atoms with Crippen molar-refractivity contribution in [2.75, 3.05) is 20.3 Å². The van der Waals surface area contributed by atoms with Crippen LogP contribution >= 0.6 is 0 Å². The van der Waals surface area contributed by atoms with Crippen LogP contribution < -0.4 is 11.1 Å². The fraction of sp³-hybridized carbons (Fsp3) is 0.923. The van der Waals surface area contributed by atoms with Crippen LogP contribution in [0.2, 0.25) is 0 Å². The highest BCUT2D eigenvalue weighted by molar-refractivity contribution is 5.76. The number of rotatable bonds is 6. The molecule has 0 aromatic carbocycles. The zero-order valence-corrected chi connectivity index (χ0v) is 10.9. The molecule has 1 rings (SSSR count). The summed E-state index contributed by atoms with van der Waals surface area (Å²) in [6.07, 6.45) is 8.25. The van der Waals surface area contributed by atoms with Gasteiger partial charge in [0.2, 0.25) is 5.91 Å². The van der Waals surface area contributed by atoms with Gasteiger partial charge in [0.05, 0.1) is 12.6 Å². The molecule has 0 spiro atoms. The monoisotopic (exact) mass is 242 g/mol. The van der Waals surface area contributed by atoms with Gasteiger partial charge in [0.1, 0.15) is 0 Å². The summed E-state index contributed by atoms with van der Waals surface area (Å²) in [6, 6.07) is -0.0433. The maximum Gasteiger partial charge on any atom is 0.220 e. The minimum atomic E-state index is -0.0433. The highest BCUT2D eigenvalue weighted by atomic mass is 16.5. The number of methoxy groups -OCH3 is 1. The normalized spacial score (nSPS) is 19.6. The van der Waals surface area contributed by atoms with Gasteiger partial charge in [-0.2, -0.15) is 0 Å². The lowest BCUT2D eigenvalue weighted by molar-refractivity contribution is -0.123. The van der Waals surface area contributed by atoms with Crippen molar-refractivity contribution in [3.8, 4) is 0 Å². The molecule has 4 nitrogen and oxygen atoms in total. The minimum Gasteiger partial charge on any atom is -0.383 e. The molecule has 0 radical (unpaired) electrons. The van der Waals surface area contributed by atoms with Gasteiger partial charge in [-0.05, 0) is 18.8 Å². The highest BCUT2D eigenvalue weighted by Gasteiger charge is 2.17. The van der Waals surface area contributed by atoms with E-state index in [4.69, 9.17) is 10.5 Å². The molecule has 4 heteroatoms. The third-order valence-corrected chi connectivity index (χ3v) is 3.47. The minimum absolute atomic E-state index is 0.0433. The SMILES string of the molecule is COCC(CN)NC(=O)CC1CCCCCC1. The first-order valence-electron chi connectivity index (χ1n) is 6.74. The summed E-state index contributed by atoms with van der Waals surface area (Å²) in [5.74, 6) is 0.697. The maximum atomic E-state index is 11.8. The van der Waals surface area contributed by atoms with Gasteiger partial charge in [0.15, 0.2) is 0 Å². The Hall–Kier alpha value is -0.610. The number of ether oxygens (including phenoxy) is 1. The lowest BCUT2D eigenvalue weighted by atomic mass is 9.96. The highest BCUT2D eigenvalue weighted by Crippen LogP contribution is 2.25. The standard InChI is InChI=1S/C13H26N2O2/c1-17-10-12(9-14)15-13(16)8-11-6-4-2-3-5-7-11/h11-12H,2-10,14H2,1H3,(H,15,16). The fourth-order valence-electron chi connectivity index (χ4n) is 2.49. The Morgan fingerprint density at radius 2 is 2.00 bits per heavy atom. The van der Waals surface area contributed by atoms with E-state index >= 15 is 0 Å². The van der Waals surface area contributed by atoms with Crippen LogP contribution in [0.3, 0.4) is 0 Å². The second kappa shape index (κ2) is 8.48. The number of hydrogen-bond donors (Lipinski definition) is 2. The molecule has 1 amide bonds. The molecule has 17 heavy (non-hydrogen) atoms. The van der Waals surface area contributed by atoms with Crippen LogP contribution in [-0.4, -0.2) is 32.2 Å². The molecule has 1 fully saturated rings. The number of amides is 1. The van der Waals surface area contributed by atoms with E-state index in [0.29, 0.717) is 25.5 Å². The third kappa shape index (κ3) is 6.03. The van der Waals surface area contributed by atoms with E-state index in [1.54, 1.807) is 7.11 Å². The molecule has 1 unspecified atom stereocenters. The van der Waals surface area contributed by atoms with E-state index in [9.17, 15) is 4.79 Å². The van der Waals surface area contributed by atoms with Crippen molar-refractivity contribution < 1.29 is 9.53 Å². The fourth-order valence-corrected chi connectivity index (χ4v) is 2.49. The quantitative estimate of drug-likeness (QED) is 0.693. The molecule has 0 heterocycles. The molecule has 0 aromatic rings. The van der Waals surface area contributed by atoms with Crippen molar-refractivity contribution in [1.29, 1.82) is 0 Å². The van der Waals surface area contributed by atoms with Crippen molar-refractivity contribution in [2.45, 2.75) is 51.0 Å². The summed E-state index contributed by atoms with van der Waals surface area (Å²) in [5.41, 5.74) is 5.57. The predicted molar refractivity (Wildman–Crippen MR) is 68.7 cm³/mol. The van der Waals surface area contributed by atoms with Gasteiger partial charge in [0.25, 0.3) is 0 Å². The van der Waals surface area contributed by atoms with Crippen molar-refractivity contribution in [3.05, 3.63) is 0 Å². The topological polar surface area (TPSA) is 64.3 Å². The van der Waals surface area contributed by atoms with E-state index in [2.05, 4.69) is 5.32 Å². The summed E-state index contributed by atoms with van der Waals surface area (Å²) in [6.45, 7) is 0.928. The van der Waals surface area contributed by atoms with E-state index < -0.39 is 0 Å². The Morgan fingerprint density at radius 1 is 1.35 bits per heavy atom. The molecular formula is C13H26N2O2. The average Bonchev–Trinajstić information content (AvgIpc) is 2.57. The van der Waals surface area contributed by atoms with Crippen LogP contribution in [0, 0.1) is 5.92 Å². The van der Waals surface area contributed by atoms with Gasteiger partial charge in [0, 0.05) is 20.1 Å². The van der Waals surface area contributed by atoms with Gasteiger partial charge >= 0.3 is 0 Å². The second-order valence-corrected chi connectivity index (χ2v) is 5.02. The molecule has 0 saturated heterocycles. The largest absolute Gasteiger partial charge is 0.383 e. The predicted octanol–water partition coefficient (Wildman–Crippen LogP) is 1.44. The van der Waals surface area contributed by atoms with Gasteiger partial charge in [-0.1, -0.05) is 25.7 Å². The molecule has 3 N–H and O–H groups in total. The Morgan fingerprint density at radius 3 is 2.53 bits per heavy atom. The zero-order valence-electron chi connectivity index (χ0n) is 10.9. The number of hydrogen-bond acceptors (Lipinski definition) is 3. The van der Waals surface area contributed by atoms with Crippen molar-refractivity contribution in [3.63, 3.8) is 0 Å². The number of carbonyl (C=O) groups excluding carboxylic acids is 1. The van der Waals surface area contributed by atoms with Gasteiger partial charge in [-0.3, -0.25) is 4.79 Å². The molecule has 1 atom stereocenters. The molecule has 1 aliphatic rings. The zero-order chi connectivity index (χ0) is 12.5. The first kappa shape index (κ1) is 14.5. The van der Waals surface area contributed by atoms with E-state index in [1.807, 2.05) is 0 Å². The number of nitrogens with two attached hydrogens (primary N) is 1. The number of nitrogens with one attached hydrogen (secondary N) is 1. The first-order valence-corrected chi connectivity index (χ1v) is 6.74. The van der Waals surface area contributed by atoms with Crippen molar-refractivity contribution in [1.82, 2.24) is 5.32 Å². The summed E-state index contributed by atoms with van der Waals surface area (Å²) in [5, 5.41) is 2.95. The molecule has 0 aliphatic heterocycles.